The first-order valence-electron chi connectivity index (χ1n) is 15.5. The van der Waals surface area contributed by atoms with Gasteiger partial charge in [-0.3, -0.25) is 4.79 Å². The van der Waals surface area contributed by atoms with E-state index < -0.39 is 0 Å². The maximum Gasteiger partial charge on any atom is 0.338 e. The Morgan fingerprint density at radius 3 is 2.51 bits per heavy atom. The topological polar surface area (TPSA) is 54.8 Å². The van der Waals surface area contributed by atoms with Crippen molar-refractivity contribution in [3.8, 4) is 0 Å². The summed E-state index contributed by atoms with van der Waals surface area (Å²) in [6, 6.07) is 6.16. The van der Waals surface area contributed by atoms with Crippen LogP contribution in [0.2, 0.25) is 0 Å². The van der Waals surface area contributed by atoms with E-state index >= 15 is 4.39 Å². The van der Waals surface area contributed by atoms with Crippen LogP contribution in [0.4, 0.5) is 4.39 Å². The Kier molecular flexibility index (Phi) is 5.86. The highest BCUT2D eigenvalue weighted by Gasteiger charge is 2.50. The number of esters is 1. The van der Waals surface area contributed by atoms with Gasteiger partial charge in [-0.2, -0.15) is 0 Å². The van der Waals surface area contributed by atoms with Gasteiger partial charge in [-0.15, -0.1) is 0 Å². The van der Waals surface area contributed by atoms with Gasteiger partial charge in [0.25, 0.3) is 0 Å². The van der Waals surface area contributed by atoms with E-state index in [2.05, 4.69) is 33.6 Å². The molecule has 0 spiro atoms. The lowest BCUT2D eigenvalue weighted by molar-refractivity contribution is -0.141. The fourth-order valence-electron chi connectivity index (χ4n) is 9.06. The fourth-order valence-corrected chi connectivity index (χ4v) is 9.06. The molecule has 4 atom stereocenters. The second-order valence-corrected chi connectivity index (χ2v) is 13.1. The zero-order valence-corrected chi connectivity index (χ0v) is 24.0. The monoisotopic (exact) mass is 555 g/mol. The molecule has 3 fully saturated rings. The first-order chi connectivity index (χ1) is 20.0. The number of hydrogen-bond acceptors (Lipinski definition) is 4. The van der Waals surface area contributed by atoms with E-state index in [4.69, 9.17) is 4.74 Å². The maximum atomic E-state index is 15.6. The highest BCUT2D eigenvalue weighted by atomic mass is 19.1. The minimum absolute atomic E-state index is 0.213. The lowest BCUT2D eigenvalue weighted by atomic mass is 9.75. The highest BCUT2D eigenvalue weighted by Crippen LogP contribution is 2.55. The molecule has 1 aromatic heterocycles. The summed E-state index contributed by atoms with van der Waals surface area (Å²) in [5, 5.41) is 0.646. The molecule has 1 saturated carbocycles. The number of fused-ring (bicyclic) bond motifs is 8. The zero-order valence-electron chi connectivity index (χ0n) is 24.0. The zero-order chi connectivity index (χ0) is 28.0. The summed E-state index contributed by atoms with van der Waals surface area (Å²) in [7, 11) is 3.58. The van der Waals surface area contributed by atoms with Crippen molar-refractivity contribution in [3.63, 3.8) is 0 Å². The summed E-state index contributed by atoms with van der Waals surface area (Å²) in [5.74, 6) is -0.427. The Bertz CT molecular complexity index is 1560. The molecule has 1 aromatic carbocycles. The number of carbonyl (C=O) groups excluding carboxylic acids is 2. The molecule has 0 radical (unpaired) electrons. The number of ether oxygens (including phenoxy) is 1. The molecule has 6 nitrogen and oxygen atoms in total. The summed E-state index contributed by atoms with van der Waals surface area (Å²) < 4.78 is 23.1. The molecule has 2 saturated heterocycles. The molecule has 3 aliphatic carbocycles. The number of aromatic nitrogens is 1. The van der Waals surface area contributed by atoms with E-state index in [0.717, 1.165) is 66.7 Å². The predicted molar refractivity (Wildman–Crippen MR) is 155 cm³/mol. The molecule has 3 aliphatic heterocycles. The lowest BCUT2D eigenvalue weighted by Crippen LogP contribution is -2.56. The van der Waals surface area contributed by atoms with E-state index in [9.17, 15) is 9.59 Å². The highest BCUT2D eigenvalue weighted by molar-refractivity contribution is 6.06. The normalized spacial score (nSPS) is 29.4. The minimum atomic E-state index is -0.321. The minimum Gasteiger partial charge on any atom is -0.465 e. The van der Waals surface area contributed by atoms with E-state index in [1.54, 1.807) is 6.07 Å². The van der Waals surface area contributed by atoms with Crippen molar-refractivity contribution in [1.29, 1.82) is 0 Å². The first-order valence-corrected chi connectivity index (χ1v) is 15.5. The Morgan fingerprint density at radius 1 is 1.02 bits per heavy atom. The van der Waals surface area contributed by atoms with E-state index in [0.29, 0.717) is 29.8 Å². The number of carbonyl (C=O) groups is 2. The van der Waals surface area contributed by atoms with Crippen LogP contribution in [0.3, 0.4) is 0 Å². The molecule has 2 unspecified atom stereocenters. The summed E-state index contributed by atoms with van der Waals surface area (Å²) in [6.07, 6.45) is 12.9. The third-order valence-electron chi connectivity index (χ3n) is 10.9. The average molecular weight is 556 g/mol. The van der Waals surface area contributed by atoms with Crippen molar-refractivity contribution in [2.24, 2.45) is 5.92 Å². The number of amides is 1. The number of methoxy groups -OCH3 is 1. The van der Waals surface area contributed by atoms with E-state index in [1.807, 2.05) is 12.1 Å². The smallest absolute Gasteiger partial charge is 0.338 e. The molecule has 41 heavy (non-hydrogen) atoms. The Balaban J connectivity index is 1.30. The molecule has 0 N–H and O–H groups in total. The summed E-state index contributed by atoms with van der Waals surface area (Å²) in [6.45, 7) is 2.34. The molecule has 2 aromatic rings. The number of halogens is 1. The van der Waals surface area contributed by atoms with Gasteiger partial charge in [-0.1, -0.05) is 37.5 Å². The number of allylic oxidation sites excluding steroid dienone is 4. The molecule has 7 heteroatoms. The lowest BCUT2D eigenvalue weighted by Gasteiger charge is -2.43. The van der Waals surface area contributed by atoms with Crippen molar-refractivity contribution in [2.75, 3.05) is 27.2 Å². The predicted octanol–water partition coefficient (Wildman–Crippen LogP) is 5.59. The average Bonchev–Trinajstić information content (AvgIpc) is 3.51. The van der Waals surface area contributed by atoms with Gasteiger partial charge in [-0.25, -0.2) is 9.18 Å². The van der Waals surface area contributed by atoms with Gasteiger partial charge < -0.3 is 19.1 Å². The second kappa shape index (κ2) is 9.41. The van der Waals surface area contributed by atoms with Gasteiger partial charge in [0.1, 0.15) is 5.82 Å². The number of rotatable bonds is 3. The molecule has 214 valence electrons. The van der Waals surface area contributed by atoms with Crippen molar-refractivity contribution in [2.45, 2.75) is 81.8 Å². The maximum absolute atomic E-state index is 15.6. The van der Waals surface area contributed by atoms with Gasteiger partial charge in [0.05, 0.1) is 24.1 Å². The molecule has 4 heterocycles. The van der Waals surface area contributed by atoms with Crippen LogP contribution in [0.15, 0.2) is 52.6 Å². The van der Waals surface area contributed by atoms with Gasteiger partial charge >= 0.3 is 5.97 Å². The van der Waals surface area contributed by atoms with Crippen LogP contribution in [-0.4, -0.2) is 65.6 Å². The van der Waals surface area contributed by atoms with Crippen molar-refractivity contribution < 1.29 is 18.7 Å². The first kappa shape index (κ1) is 25.5. The summed E-state index contributed by atoms with van der Waals surface area (Å²) >= 11 is 0. The molecule has 2 bridgehead atoms. The largest absolute Gasteiger partial charge is 0.465 e. The van der Waals surface area contributed by atoms with Crippen molar-refractivity contribution in [1.82, 2.24) is 14.4 Å². The fraction of sp³-hybridized carbons (Fsp3) is 0.529. The van der Waals surface area contributed by atoms with Gasteiger partial charge in [0, 0.05) is 48.7 Å². The van der Waals surface area contributed by atoms with Gasteiger partial charge in [-0.05, 0) is 79.5 Å². The standard InChI is InChI=1S/C34H38FN3O3/c1-36-16-20-11-12-21(17-36)38(20)33(39)24-10-6-9-23-29(24)28-15-25-27(35)14-13-22(19-7-4-3-5-8-19)32(25)37(28)18-26-30(23)31(26)34(40)41-2/h6,9,13-15,19-21,24,29H,3-5,7-8,10-12,16-18H2,1-2H3/t20?,21?,24-,29-/m1/s1. The molecule has 8 rings (SSSR count). The van der Waals surface area contributed by atoms with Crippen LogP contribution in [0.1, 0.15) is 74.5 Å². The van der Waals surface area contributed by atoms with Crippen LogP contribution in [-0.2, 0) is 20.9 Å². The van der Waals surface area contributed by atoms with Crippen LogP contribution in [0, 0.1) is 11.7 Å². The summed E-state index contributed by atoms with van der Waals surface area (Å²) in [4.78, 5) is 32.0. The van der Waals surface area contributed by atoms with Crippen molar-refractivity contribution in [3.05, 3.63) is 69.7 Å². The third kappa shape index (κ3) is 3.77. The third-order valence-corrected chi connectivity index (χ3v) is 10.9. The van der Waals surface area contributed by atoms with E-state index in [1.165, 1.54) is 31.9 Å². The van der Waals surface area contributed by atoms with Crippen LogP contribution in [0.5, 0.6) is 0 Å². The molecule has 1 amide bonds. The Hall–Kier alpha value is -3.19. The van der Waals surface area contributed by atoms with Gasteiger partial charge in [0.2, 0.25) is 5.91 Å². The summed E-state index contributed by atoms with van der Waals surface area (Å²) in [5.41, 5.74) is 6.79. The molecule has 6 aliphatic rings. The van der Waals surface area contributed by atoms with Crippen LogP contribution < -0.4 is 0 Å². The Morgan fingerprint density at radius 2 is 1.78 bits per heavy atom. The molecular weight excluding hydrogens is 517 g/mol. The van der Waals surface area contributed by atoms with Crippen LogP contribution >= 0.6 is 0 Å². The number of nitrogens with zero attached hydrogens (tertiary/aromatic N) is 3. The Labute approximate surface area is 240 Å². The number of likely N-dealkylation sites (N-methyl/N-ethyl adjacent to an activating group) is 1. The number of likely N-dealkylation sites (tertiary alicyclic amines) is 1. The van der Waals surface area contributed by atoms with Gasteiger partial charge in [0.15, 0.2) is 0 Å². The SMILES string of the molecule is COC(=O)C1=C2Cn3c(cc4c(F)ccc(C5CCCCC5)c43)[C@@H]3C(=C21)C=CC[C@H]3C(=O)N1C2CCC1CN(C)C2. The van der Waals surface area contributed by atoms with Crippen molar-refractivity contribution >= 4 is 22.8 Å². The van der Waals surface area contributed by atoms with Crippen LogP contribution in [0.25, 0.3) is 10.9 Å². The van der Waals surface area contributed by atoms with E-state index in [-0.39, 0.29) is 41.6 Å². The second-order valence-electron chi connectivity index (χ2n) is 13.1. The number of piperazine rings is 1. The molecular formula is C34H38FN3O3. The number of hydrogen-bond donors (Lipinski definition) is 0. The quantitative estimate of drug-likeness (QED) is 0.464. The number of benzene rings is 1.